The molecule has 0 bridgehead atoms. The van der Waals surface area contributed by atoms with Gasteiger partial charge in [0.05, 0.1) is 18.8 Å². The summed E-state index contributed by atoms with van der Waals surface area (Å²) >= 11 is 5.97. The second-order valence-corrected chi connectivity index (χ2v) is 16.6. The number of carbonyl (C=O) groups excluding carboxylic acids is 2. The number of carbonyl (C=O) groups is 2. The summed E-state index contributed by atoms with van der Waals surface area (Å²) in [6.07, 6.45) is 9.54. The van der Waals surface area contributed by atoms with E-state index in [-0.39, 0.29) is 41.3 Å². The average Bonchev–Trinajstić information content (AvgIpc) is 3.72. The fourth-order valence-electron chi connectivity index (χ4n) is 6.38. The third-order valence-corrected chi connectivity index (χ3v) is 8.67. The minimum atomic E-state index is -0.248. The normalized spacial score (nSPS) is 13.0. The number of halogens is 1. The Morgan fingerprint density at radius 3 is 1.63 bits per heavy atom. The molecular formula is C41H57ClN10O2. The van der Waals surface area contributed by atoms with E-state index in [2.05, 4.69) is 43.6 Å². The minimum Gasteiger partial charge on any atom is -0.350 e. The zero-order valence-electron chi connectivity index (χ0n) is 33.9. The molecule has 2 amide bonds. The largest absolute Gasteiger partial charge is 0.350 e. The molecule has 2 aliphatic rings. The van der Waals surface area contributed by atoms with Gasteiger partial charge in [-0.1, -0.05) is 0 Å². The molecule has 290 valence electrons. The monoisotopic (exact) mass is 756 g/mol. The molecule has 2 N–H and O–H groups in total. The van der Waals surface area contributed by atoms with Crippen molar-refractivity contribution in [3.63, 3.8) is 0 Å². The quantitative estimate of drug-likeness (QED) is 0.205. The van der Waals surface area contributed by atoms with Gasteiger partial charge < -0.3 is 20.4 Å². The zero-order valence-corrected chi connectivity index (χ0v) is 34.6. The first kappa shape index (κ1) is 42.0. The van der Waals surface area contributed by atoms with Crippen LogP contribution in [0.2, 0.25) is 5.28 Å². The summed E-state index contributed by atoms with van der Waals surface area (Å²) in [4.78, 5) is 54.6. The predicted molar refractivity (Wildman–Crippen MR) is 217 cm³/mol. The first-order chi connectivity index (χ1) is 25.3. The topological polar surface area (TPSA) is 142 Å². The van der Waals surface area contributed by atoms with Gasteiger partial charge in [0.2, 0.25) is 17.1 Å². The molecule has 54 heavy (non-hydrogen) atoms. The predicted octanol–water partition coefficient (Wildman–Crippen LogP) is 6.35. The van der Waals surface area contributed by atoms with Crippen LogP contribution in [0.25, 0.3) is 11.5 Å². The van der Waals surface area contributed by atoms with E-state index in [1.807, 2.05) is 104 Å². The Morgan fingerprint density at radius 2 is 1.17 bits per heavy atom. The van der Waals surface area contributed by atoms with Crippen molar-refractivity contribution < 1.29 is 9.59 Å². The van der Waals surface area contributed by atoms with Crippen LogP contribution in [-0.4, -0.2) is 80.0 Å². The van der Waals surface area contributed by atoms with Crippen LogP contribution in [0.5, 0.6) is 0 Å². The van der Waals surface area contributed by atoms with Crippen LogP contribution in [0.15, 0.2) is 36.7 Å². The lowest BCUT2D eigenvalue weighted by atomic mass is 10.1. The molecule has 0 aromatic carbocycles. The van der Waals surface area contributed by atoms with Crippen molar-refractivity contribution in [3.8, 4) is 11.5 Å². The van der Waals surface area contributed by atoms with Crippen molar-refractivity contribution in [2.75, 3.05) is 37.0 Å². The summed E-state index contributed by atoms with van der Waals surface area (Å²) in [5.41, 5.74) is 8.16. The molecule has 0 fully saturated rings. The Balaban J connectivity index is 0.000000204. The molecule has 12 nitrogen and oxygen atoms in total. The zero-order chi connectivity index (χ0) is 39.8. The molecule has 0 spiro atoms. The second kappa shape index (κ2) is 18.1. The van der Waals surface area contributed by atoms with Crippen LogP contribution >= 0.6 is 11.6 Å². The third kappa shape index (κ3) is 12.7. The number of hydrogen-bond acceptors (Lipinski definition) is 10. The van der Waals surface area contributed by atoms with E-state index < -0.39 is 0 Å². The van der Waals surface area contributed by atoms with Crippen LogP contribution < -0.4 is 20.4 Å². The summed E-state index contributed by atoms with van der Waals surface area (Å²) in [5, 5.41) is 6.20. The molecule has 0 saturated heterocycles. The van der Waals surface area contributed by atoms with E-state index in [1.165, 1.54) is 5.56 Å². The number of rotatable bonds is 7. The Labute approximate surface area is 326 Å². The summed E-state index contributed by atoms with van der Waals surface area (Å²) in [6.45, 7) is 18.4. The summed E-state index contributed by atoms with van der Waals surface area (Å²) in [7, 11) is 3.77. The van der Waals surface area contributed by atoms with Crippen LogP contribution in [-0.2, 0) is 35.3 Å². The molecule has 0 unspecified atom stereocenters. The maximum absolute atomic E-state index is 12.3. The third-order valence-electron chi connectivity index (χ3n) is 8.51. The number of aryl methyl sites for hydroxylation is 5. The highest BCUT2D eigenvalue weighted by atomic mass is 35.5. The van der Waals surface area contributed by atoms with Gasteiger partial charge in [-0.25, -0.2) is 19.9 Å². The molecule has 0 radical (unpaired) electrons. The lowest BCUT2D eigenvalue weighted by Gasteiger charge is -2.25. The number of likely N-dealkylation sites (N-methyl/N-ethyl adjacent to an activating group) is 2. The lowest BCUT2D eigenvalue weighted by molar-refractivity contribution is -0.122. The highest BCUT2D eigenvalue weighted by molar-refractivity contribution is 6.28. The van der Waals surface area contributed by atoms with Gasteiger partial charge in [-0.3, -0.25) is 19.6 Å². The molecule has 4 aromatic rings. The van der Waals surface area contributed by atoms with Crippen molar-refractivity contribution in [3.05, 3.63) is 81.3 Å². The Hall–Kier alpha value is -4.71. The molecule has 4 heterocycles. The Kier molecular flexibility index (Phi) is 14.1. The van der Waals surface area contributed by atoms with E-state index >= 15 is 0 Å². The van der Waals surface area contributed by atoms with Gasteiger partial charge in [-0.2, -0.15) is 0 Å². The van der Waals surface area contributed by atoms with Gasteiger partial charge in [0.25, 0.3) is 0 Å². The Bertz CT molecular complexity index is 1920. The maximum atomic E-state index is 12.3. The van der Waals surface area contributed by atoms with E-state index in [0.29, 0.717) is 5.82 Å². The van der Waals surface area contributed by atoms with Gasteiger partial charge in [0.15, 0.2) is 5.82 Å². The second-order valence-electron chi connectivity index (χ2n) is 16.2. The lowest BCUT2D eigenvalue weighted by Crippen LogP contribution is -2.45. The van der Waals surface area contributed by atoms with E-state index in [0.717, 1.165) is 89.6 Å². The van der Waals surface area contributed by atoms with Gasteiger partial charge in [0.1, 0.15) is 17.3 Å². The number of aromatic nitrogens is 6. The van der Waals surface area contributed by atoms with E-state index in [1.54, 1.807) is 6.20 Å². The summed E-state index contributed by atoms with van der Waals surface area (Å²) in [5.74, 6) is 2.21. The van der Waals surface area contributed by atoms with Gasteiger partial charge in [-0.15, -0.1) is 0 Å². The van der Waals surface area contributed by atoms with Gasteiger partial charge in [0, 0.05) is 60.1 Å². The SMILES string of the molecule is CN(CC(=O)NC(C)(C)C)c1nc(Cl)nc2c1CCC2.Cc1ccnc(-c2nc3c(c(N(C)CC(=O)NC(C)(C)C)n2)CCC3)c1.Cc1ccnc(C)c1. The van der Waals surface area contributed by atoms with Crippen molar-refractivity contribution in [2.45, 2.75) is 112 Å². The smallest absolute Gasteiger partial charge is 0.239 e. The first-order valence-electron chi connectivity index (χ1n) is 18.6. The fraction of sp³-hybridized carbons (Fsp3) is 0.512. The fourth-order valence-corrected chi connectivity index (χ4v) is 6.57. The molecule has 0 saturated carbocycles. The first-order valence-corrected chi connectivity index (χ1v) is 19.0. The standard InChI is InChI=1S/C20H27N5O.C14H21ClN4O.C7H9N/c1-13-9-10-21-16(11-13)18-22-15-8-6-7-14(15)19(23-18)25(5)12-17(26)24-20(2,3)4;1-14(2,3)18-11(20)8-19(4)12-9-6-5-7-10(9)16-13(15)17-12;1-6-3-4-8-7(2)5-6/h9-11H,6-8,12H2,1-5H3,(H,24,26);5-8H2,1-4H3,(H,18,20);3-5H,1-2H3. The van der Waals surface area contributed by atoms with Crippen molar-refractivity contribution in [1.82, 2.24) is 40.5 Å². The number of amides is 2. The molecule has 6 rings (SSSR count). The number of anilines is 2. The molecule has 0 atom stereocenters. The molecular weight excluding hydrogens is 700 g/mol. The highest BCUT2D eigenvalue weighted by Crippen LogP contribution is 2.31. The number of pyridine rings is 2. The van der Waals surface area contributed by atoms with Crippen molar-refractivity contribution >= 4 is 35.1 Å². The molecule has 13 heteroatoms. The van der Waals surface area contributed by atoms with E-state index in [4.69, 9.17) is 21.6 Å². The summed E-state index contributed by atoms with van der Waals surface area (Å²) < 4.78 is 0. The number of fused-ring (bicyclic) bond motifs is 2. The van der Waals surface area contributed by atoms with Gasteiger partial charge in [-0.05, 0) is 148 Å². The Morgan fingerprint density at radius 1 is 0.685 bits per heavy atom. The van der Waals surface area contributed by atoms with Crippen molar-refractivity contribution in [2.24, 2.45) is 0 Å². The number of hydrogen-bond donors (Lipinski definition) is 2. The van der Waals surface area contributed by atoms with Crippen LogP contribution in [0.4, 0.5) is 11.6 Å². The highest BCUT2D eigenvalue weighted by Gasteiger charge is 2.25. The molecule has 0 aliphatic heterocycles. The number of nitrogens with zero attached hydrogens (tertiary/aromatic N) is 8. The minimum absolute atomic E-state index is 0.0133. The summed E-state index contributed by atoms with van der Waals surface area (Å²) in [6, 6.07) is 8.00. The van der Waals surface area contributed by atoms with Gasteiger partial charge >= 0.3 is 0 Å². The van der Waals surface area contributed by atoms with E-state index in [9.17, 15) is 9.59 Å². The van der Waals surface area contributed by atoms with Crippen LogP contribution in [0, 0.1) is 20.8 Å². The molecule has 2 aliphatic carbocycles. The van der Waals surface area contributed by atoms with Crippen LogP contribution in [0.3, 0.4) is 0 Å². The van der Waals surface area contributed by atoms with Crippen LogP contribution in [0.1, 0.15) is 93.7 Å². The average molecular weight is 757 g/mol. The number of nitrogens with one attached hydrogen (secondary N) is 2. The maximum Gasteiger partial charge on any atom is 0.239 e. The van der Waals surface area contributed by atoms with Crippen molar-refractivity contribution in [1.29, 1.82) is 0 Å². The molecule has 4 aromatic heterocycles.